The lowest BCUT2D eigenvalue weighted by Crippen LogP contribution is -2.36. The molecule has 0 aromatic heterocycles. The SMILES string of the molecule is O=C(O)CC1CCN2COC1C2. The smallest absolute Gasteiger partial charge is 0.303 e. The fraction of sp³-hybridized carbons (Fsp3) is 0.875. The molecule has 2 saturated heterocycles. The number of nitrogens with zero attached hydrogens (tertiary/aromatic N) is 1. The van der Waals surface area contributed by atoms with E-state index < -0.39 is 5.97 Å². The molecule has 68 valence electrons. The molecule has 3 atom stereocenters. The van der Waals surface area contributed by atoms with Crippen LogP contribution in [-0.2, 0) is 9.53 Å². The molecule has 0 amide bonds. The van der Waals surface area contributed by atoms with Gasteiger partial charge in [-0.05, 0) is 12.3 Å². The Morgan fingerprint density at radius 3 is 3.25 bits per heavy atom. The van der Waals surface area contributed by atoms with Gasteiger partial charge < -0.3 is 9.84 Å². The maximum Gasteiger partial charge on any atom is 0.303 e. The van der Waals surface area contributed by atoms with Gasteiger partial charge in [0.15, 0.2) is 0 Å². The summed E-state index contributed by atoms with van der Waals surface area (Å²) in [6, 6.07) is 0. The molecule has 4 heteroatoms. The van der Waals surface area contributed by atoms with Crippen molar-refractivity contribution in [1.82, 2.24) is 4.90 Å². The second-order valence-corrected chi connectivity index (χ2v) is 3.56. The Morgan fingerprint density at radius 2 is 2.50 bits per heavy atom. The molecule has 2 rings (SSSR count). The van der Waals surface area contributed by atoms with E-state index in [1.165, 1.54) is 0 Å². The van der Waals surface area contributed by atoms with Gasteiger partial charge in [-0.2, -0.15) is 0 Å². The summed E-state index contributed by atoms with van der Waals surface area (Å²) in [4.78, 5) is 12.7. The topological polar surface area (TPSA) is 49.8 Å². The number of carboxylic acids is 1. The average Bonchev–Trinajstić information content (AvgIpc) is 2.39. The Labute approximate surface area is 71.1 Å². The summed E-state index contributed by atoms with van der Waals surface area (Å²) in [6.45, 7) is 2.62. The molecule has 0 aromatic rings. The van der Waals surface area contributed by atoms with E-state index in [9.17, 15) is 4.79 Å². The van der Waals surface area contributed by atoms with Crippen molar-refractivity contribution in [3.8, 4) is 0 Å². The molecule has 3 unspecified atom stereocenters. The van der Waals surface area contributed by atoms with Crippen LogP contribution in [0.4, 0.5) is 0 Å². The normalized spacial score (nSPS) is 39.8. The zero-order valence-corrected chi connectivity index (χ0v) is 6.90. The van der Waals surface area contributed by atoms with Gasteiger partial charge in [0.05, 0.1) is 19.3 Å². The van der Waals surface area contributed by atoms with Gasteiger partial charge in [0, 0.05) is 13.1 Å². The van der Waals surface area contributed by atoms with E-state index in [4.69, 9.17) is 9.84 Å². The molecule has 2 aliphatic rings. The lowest BCUT2D eigenvalue weighted by Gasteiger charge is -2.26. The largest absolute Gasteiger partial charge is 0.481 e. The highest BCUT2D eigenvalue weighted by Crippen LogP contribution is 2.27. The van der Waals surface area contributed by atoms with Crippen LogP contribution in [0.2, 0.25) is 0 Å². The maximum atomic E-state index is 10.5. The Balaban J connectivity index is 1.93. The molecule has 2 bridgehead atoms. The second-order valence-electron chi connectivity index (χ2n) is 3.56. The van der Waals surface area contributed by atoms with Crippen LogP contribution in [0.1, 0.15) is 12.8 Å². The fourth-order valence-corrected chi connectivity index (χ4v) is 1.99. The number of piperidine rings is 1. The number of rotatable bonds is 2. The van der Waals surface area contributed by atoms with Crippen molar-refractivity contribution < 1.29 is 14.6 Å². The summed E-state index contributed by atoms with van der Waals surface area (Å²) in [5.74, 6) is -0.467. The Bertz CT molecular complexity index is 195. The first-order valence-corrected chi connectivity index (χ1v) is 4.31. The minimum absolute atomic E-state index is 0.176. The third-order valence-corrected chi connectivity index (χ3v) is 2.69. The fourth-order valence-electron chi connectivity index (χ4n) is 1.99. The minimum Gasteiger partial charge on any atom is -0.481 e. The zero-order valence-electron chi connectivity index (χ0n) is 6.90. The predicted octanol–water partition coefficient (Wildman–Crippen LogP) is 0.139. The summed E-state index contributed by atoms with van der Waals surface area (Å²) < 4.78 is 5.45. The van der Waals surface area contributed by atoms with Crippen molar-refractivity contribution in [1.29, 1.82) is 0 Å². The molecular weight excluding hydrogens is 158 g/mol. The lowest BCUT2D eigenvalue weighted by atomic mass is 9.92. The van der Waals surface area contributed by atoms with Crippen LogP contribution in [0, 0.1) is 5.92 Å². The highest BCUT2D eigenvalue weighted by atomic mass is 16.5. The quantitative estimate of drug-likeness (QED) is 0.642. The highest BCUT2D eigenvalue weighted by Gasteiger charge is 2.36. The number of carboxylic acid groups (broad SMARTS) is 1. The summed E-state index contributed by atoms with van der Waals surface area (Å²) in [7, 11) is 0. The van der Waals surface area contributed by atoms with Crippen molar-refractivity contribution in [3.05, 3.63) is 0 Å². The minimum atomic E-state index is -0.705. The van der Waals surface area contributed by atoms with Gasteiger partial charge in [0.25, 0.3) is 0 Å². The number of hydrogen-bond donors (Lipinski definition) is 1. The monoisotopic (exact) mass is 171 g/mol. The summed E-state index contributed by atoms with van der Waals surface area (Å²) in [5.41, 5.74) is 0. The van der Waals surface area contributed by atoms with Crippen molar-refractivity contribution >= 4 is 5.97 Å². The first-order valence-electron chi connectivity index (χ1n) is 4.31. The van der Waals surface area contributed by atoms with E-state index in [1.54, 1.807) is 0 Å². The van der Waals surface area contributed by atoms with Crippen LogP contribution in [0.3, 0.4) is 0 Å². The van der Waals surface area contributed by atoms with Crippen LogP contribution in [-0.4, -0.2) is 41.9 Å². The third-order valence-electron chi connectivity index (χ3n) is 2.69. The number of aliphatic carboxylic acids is 1. The molecule has 2 heterocycles. The predicted molar refractivity (Wildman–Crippen MR) is 41.7 cm³/mol. The molecule has 0 aliphatic carbocycles. The van der Waals surface area contributed by atoms with E-state index >= 15 is 0 Å². The third kappa shape index (κ3) is 1.44. The van der Waals surface area contributed by atoms with E-state index in [2.05, 4.69) is 4.90 Å². The Kier molecular flexibility index (Phi) is 2.02. The second kappa shape index (κ2) is 3.03. The number of ether oxygens (including phenoxy) is 1. The molecule has 12 heavy (non-hydrogen) atoms. The first kappa shape index (κ1) is 8.01. The van der Waals surface area contributed by atoms with Gasteiger partial charge in [-0.15, -0.1) is 0 Å². The molecule has 0 aromatic carbocycles. The van der Waals surface area contributed by atoms with Crippen LogP contribution in [0.15, 0.2) is 0 Å². The van der Waals surface area contributed by atoms with Crippen LogP contribution in [0.25, 0.3) is 0 Å². The Hall–Kier alpha value is -0.610. The van der Waals surface area contributed by atoms with E-state index in [-0.39, 0.29) is 18.4 Å². The van der Waals surface area contributed by atoms with E-state index in [0.717, 1.165) is 19.5 Å². The highest BCUT2D eigenvalue weighted by molar-refractivity contribution is 5.67. The summed E-state index contributed by atoms with van der Waals surface area (Å²) >= 11 is 0. The van der Waals surface area contributed by atoms with Gasteiger partial charge in [-0.25, -0.2) is 0 Å². The van der Waals surface area contributed by atoms with Gasteiger partial charge in [0.1, 0.15) is 0 Å². The van der Waals surface area contributed by atoms with Gasteiger partial charge in [-0.1, -0.05) is 0 Å². The Morgan fingerprint density at radius 1 is 1.67 bits per heavy atom. The first-order chi connectivity index (χ1) is 5.75. The number of hydrogen-bond acceptors (Lipinski definition) is 3. The van der Waals surface area contributed by atoms with Gasteiger partial charge >= 0.3 is 5.97 Å². The molecule has 1 N–H and O–H groups in total. The van der Waals surface area contributed by atoms with Crippen LogP contribution >= 0.6 is 0 Å². The molecule has 0 radical (unpaired) electrons. The molecule has 0 spiro atoms. The molecular formula is C8H13NO3. The average molecular weight is 171 g/mol. The van der Waals surface area contributed by atoms with Crippen molar-refractivity contribution in [3.63, 3.8) is 0 Å². The van der Waals surface area contributed by atoms with Crippen molar-refractivity contribution in [2.45, 2.75) is 18.9 Å². The summed E-state index contributed by atoms with van der Waals surface area (Å²) in [6.07, 6.45) is 1.41. The molecule has 2 aliphatic heterocycles. The molecule has 2 fully saturated rings. The number of fused-ring (bicyclic) bond motifs is 2. The summed E-state index contributed by atoms with van der Waals surface area (Å²) in [5, 5.41) is 8.62. The standard InChI is InChI=1S/C8H13NO3/c10-8(11)3-6-1-2-9-4-7(6)12-5-9/h6-7H,1-5H2,(H,10,11). The molecule has 0 saturated carbocycles. The molecule has 4 nitrogen and oxygen atoms in total. The van der Waals surface area contributed by atoms with Crippen LogP contribution in [0.5, 0.6) is 0 Å². The number of carbonyl (C=O) groups is 1. The zero-order chi connectivity index (χ0) is 8.55. The van der Waals surface area contributed by atoms with Crippen LogP contribution < -0.4 is 0 Å². The van der Waals surface area contributed by atoms with E-state index in [0.29, 0.717) is 6.73 Å². The van der Waals surface area contributed by atoms with Crippen molar-refractivity contribution in [2.24, 2.45) is 5.92 Å². The lowest BCUT2D eigenvalue weighted by molar-refractivity contribution is -0.139. The van der Waals surface area contributed by atoms with Gasteiger partial charge in [-0.3, -0.25) is 9.69 Å². The maximum absolute atomic E-state index is 10.5. The van der Waals surface area contributed by atoms with E-state index in [1.807, 2.05) is 0 Å². The van der Waals surface area contributed by atoms with Gasteiger partial charge in [0.2, 0.25) is 0 Å². The van der Waals surface area contributed by atoms with Crippen molar-refractivity contribution in [2.75, 3.05) is 19.8 Å².